The van der Waals surface area contributed by atoms with E-state index in [1.807, 2.05) is 14.0 Å². The fourth-order valence-electron chi connectivity index (χ4n) is 2.38. The second-order valence-corrected chi connectivity index (χ2v) is 7.09. The summed E-state index contributed by atoms with van der Waals surface area (Å²) in [5.74, 6) is 0.891. The molecule has 0 aliphatic heterocycles. The zero-order chi connectivity index (χ0) is 16.6. The summed E-state index contributed by atoms with van der Waals surface area (Å²) in [6, 6.07) is 2.11. The largest absolute Gasteiger partial charge is 0.356 e. The zero-order valence-electron chi connectivity index (χ0n) is 15.6. The van der Waals surface area contributed by atoms with E-state index in [2.05, 4.69) is 59.2 Å². The molecule has 23 heavy (non-hydrogen) atoms. The van der Waals surface area contributed by atoms with Crippen LogP contribution in [0.15, 0.2) is 11.1 Å². The van der Waals surface area contributed by atoms with Crippen molar-refractivity contribution in [2.45, 2.75) is 60.4 Å². The number of aryl methyl sites for hydroxylation is 3. The first-order valence-corrected chi connectivity index (χ1v) is 8.27. The quantitative estimate of drug-likeness (QED) is 0.298. The molecule has 0 aromatic carbocycles. The molecule has 0 amide bonds. The van der Waals surface area contributed by atoms with Crippen LogP contribution in [0.3, 0.4) is 0 Å². The van der Waals surface area contributed by atoms with E-state index in [1.54, 1.807) is 0 Å². The van der Waals surface area contributed by atoms with Gasteiger partial charge in [-0.2, -0.15) is 5.10 Å². The van der Waals surface area contributed by atoms with E-state index in [1.165, 1.54) is 12.1 Å². The van der Waals surface area contributed by atoms with Crippen molar-refractivity contribution in [3.63, 3.8) is 0 Å². The van der Waals surface area contributed by atoms with Gasteiger partial charge in [0.05, 0.1) is 5.69 Å². The molecule has 0 aliphatic carbocycles. The summed E-state index contributed by atoms with van der Waals surface area (Å²) in [6.45, 7) is 13.8. The van der Waals surface area contributed by atoms with Crippen LogP contribution in [0, 0.1) is 19.3 Å². The third-order valence-corrected chi connectivity index (χ3v) is 3.56. The third kappa shape index (κ3) is 9.84. The molecule has 0 radical (unpaired) electrons. The highest BCUT2D eigenvalue weighted by atomic mass is 127. The standard InChI is InChI=1S/C17H33N5.HI/c1-14-13-15(2)22(21-14)12-8-11-20-16(18-6)19-10-7-9-17(3,4)5;/h13H,7-12H2,1-6H3,(H2,18,19,20);1H. The molecular weight excluding hydrogens is 401 g/mol. The van der Waals surface area contributed by atoms with Gasteiger partial charge in [0.15, 0.2) is 5.96 Å². The van der Waals surface area contributed by atoms with Crippen LogP contribution in [0.25, 0.3) is 0 Å². The van der Waals surface area contributed by atoms with Crippen molar-refractivity contribution in [3.8, 4) is 0 Å². The smallest absolute Gasteiger partial charge is 0.190 e. The van der Waals surface area contributed by atoms with E-state index in [9.17, 15) is 0 Å². The van der Waals surface area contributed by atoms with Crippen molar-refractivity contribution in [2.75, 3.05) is 20.1 Å². The van der Waals surface area contributed by atoms with Crippen LogP contribution < -0.4 is 10.6 Å². The second-order valence-electron chi connectivity index (χ2n) is 7.09. The topological polar surface area (TPSA) is 54.2 Å². The molecule has 1 aromatic rings. The zero-order valence-corrected chi connectivity index (χ0v) is 17.9. The summed E-state index contributed by atoms with van der Waals surface area (Å²) in [5.41, 5.74) is 2.71. The summed E-state index contributed by atoms with van der Waals surface area (Å²) in [6.07, 6.45) is 3.41. The molecule has 5 nitrogen and oxygen atoms in total. The Bertz CT molecular complexity index is 474. The molecule has 0 unspecified atom stereocenters. The third-order valence-electron chi connectivity index (χ3n) is 3.56. The Balaban J connectivity index is 0.00000484. The molecule has 0 spiro atoms. The Morgan fingerprint density at radius 3 is 2.26 bits per heavy atom. The van der Waals surface area contributed by atoms with Gasteiger partial charge in [-0.3, -0.25) is 9.67 Å². The van der Waals surface area contributed by atoms with Crippen LogP contribution in [0.5, 0.6) is 0 Å². The number of rotatable bonds is 7. The molecule has 0 atom stereocenters. The Labute approximate surface area is 158 Å². The predicted octanol–water partition coefficient (Wildman–Crippen LogP) is 3.50. The summed E-state index contributed by atoms with van der Waals surface area (Å²) < 4.78 is 2.07. The molecule has 2 N–H and O–H groups in total. The van der Waals surface area contributed by atoms with Crippen molar-refractivity contribution in [1.29, 1.82) is 0 Å². The lowest BCUT2D eigenvalue weighted by molar-refractivity contribution is 0.365. The fraction of sp³-hybridized carbons (Fsp3) is 0.765. The average Bonchev–Trinajstić information content (AvgIpc) is 2.74. The molecule has 134 valence electrons. The van der Waals surface area contributed by atoms with Gasteiger partial charge in [-0.05, 0) is 44.6 Å². The average molecular weight is 435 g/mol. The van der Waals surface area contributed by atoms with E-state index in [4.69, 9.17) is 0 Å². The molecule has 0 aliphatic rings. The van der Waals surface area contributed by atoms with Gasteiger partial charge in [-0.1, -0.05) is 20.8 Å². The number of aliphatic imine (C=N–C) groups is 1. The van der Waals surface area contributed by atoms with Crippen LogP contribution in [-0.2, 0) is 6.54 Å². The van der Waals surface area contributed by atoms with Gasteiger partial charge in [0.2, 0.25) is 0 Å². The van der Waals surface area contributed by atoms with Crippen LogP contribution in [-0.4, -0.2) is 35.9 Å². The number of halogens is 1. The van der Waals surface area contributed by atoms with E-state index in [-0.39, 0.29) is 24.0 Å². The normalized spacial score (nSPS) is 12.0. The molecule has 0 saturated carbocycles. The summed E-state index contributed by atoms with van der Waals surface area (Å²) >= 11 is 0. The molecule has 0 saturated heterocycles. The minimum atomic E-state index is 0. The lowest BCUT2D eigenvalue weighted by Gasteiger charge is -2.18. The molecule has 1 rings (SSSR count). The van der Waals surface area contributed by atoms with Crippen molar-refractivity contribution in [1.82, 2.24) is 20.4 Å². The molecule has 1 aromatic heterocycles. The molecule has 0 bridgehead atoms. The van der Waals surface area contributed by atoms with Crippen LogP contribution in [0.4, 0.5) is 0 Å². The van der Waals surface area contributed by atoms with Gasteiger partial charge in [-0.15, -0.1) is 24.0 Å². The number of guanidine groups is 1. The Morgan fingerprint density at radius 2 is 1.78 bits per heavy atom. The van der Waals surface area contributed by atoms with Gasteiger partial charge in [0, 0.05) is 32.4 Å². The monoisotopic (exact) mass is 435 g/mol. The minimum Gasteiger partial charge on any atom is -0.356 e. The van der Waals surface area contributed by atoms with Crippen LogP contribution in [0.2, 0.25) is 0 Å². The van der Waals surface area contributed by atoms with Crippen molar-refractivity contribution < 1.29 is 0 Å². The number of hydrogen-bond donors (Lipinski definition) is 2. The van der Waals surface area contributed by atoms with E-state index in [0.29, 0.717) is 5.41 Å². The maximum Gasteiger partial charge on any atom is 0.190 e. The van der Waals surface area contributed by atoms with E-state index < -0.39 is 0 Å². The van der Waals surface area contributed by atoms with Crippen molar-refractivity contribution in [2.24, 2.45) is 10.4 Å². The number of aromatic nitrogens is 2. The SMILES string of the molecule is CN=C(NCCCn1nc(C)cc1C)NCCCC(C)(C)C.I. The highest BCUT2D eigenvalue weighted by molar-refractivity contribution is 14.0. The summed E-state index contributed by atoms with van der Waals surface area (Å²) in [5, 5.41) is 11.2. The fourth-order valence-corrected chi connectivity index (χ4v) is 2.38. The van der Waals surface area contributed by atoms with Crippen LogP contribution >= 0.6 is 24.0 Å². The first-order chi connectivity index (χ1) is 10.3. The maximum atomic E-state index is 4.47. The lowest BCUT2D eigenvalue weighted by Crippen LogP contribution is -2.38. The summed E-state index contributed by atoms with van der Waals surface area (Å²) in [7, 11) is 1.82. The molecule has 6 heteroatoms. The van der Waals surface area contributed by atoms with Crippen LogP contribution in [0.1, 0.15) is 51.4 Å². The van der Waals surface area contributed by atoms with Gasteiger partial charge in [0.25, 0.3) is 0 Å². The lowest BCUT2D eigenvalue weighted by atomic mass is 9.91. The number of nitrogens with one attached hydrogen (secondary N) is 2. The first kappa shape index (κ1) is 22.2. The van der Waals surface area contributed by atoms with Crippen molar-refractivity contribution >= 4 is 29.9 Å². The van der Waals surface area contributed by atoms with E-state index >= 15 is 0 Å². The molecule has 0 fully saturated rings. The highest BCUT2D eigenvalue weighted by Gasteiger charge is 2.09. The predicted molar refractivity (Wildman–Crippen MR) is 110 cm³/mol. The van der Waals surface area contributed by atoms with Gasteiger partial charge >= 0.3 is 0 Å². The number of nitrogens with zero attached hydrogens (tertiary/aromatic N) is 3. The molecular formula is C17H34IN5. The Kier molecular flexibility index (Phi) is 10.5. The second kappa shape index (κ2) is 10.9. The van der Waals surface area contributed by atoms with Gasteiger partial charge in [0.1, 0.15) is 0 Å². The Morgan fingerprint density at radius 1 is 1.17 bits per heavy atom. The van der Waals surface area contributed by atoms with Crippen molar-refractivity contribution in [3.05, 3.63) is 17.5 Å². The summed E-state index contributed by atoms with van der Waals surface area (Å²) in [4.78, 5) is 4.26. The van der Waals surface area contributed by atoms with Gasteiger partial charge in [-0.25, -0.2) is 0 Å². The Hall–Kier alpha value is -0.790. The van der Waals surface area contributed by atoms with Gasteiger partial charge < -0.3 is 10.6 Å². The maximum absolute atomic E-state index is 4.47. The number of hydrogen-bond acceptors (Lipinski definition) is 2. The first-order valence-electron chi connectivity index (χ1n) is 8.27. The highest BCUT2D eigenvalue weighted by Crippen LogP contribution is 2.19. The minimum absolute atomic E-state index is 0. The molecule has 1 heterocycles. The van der Waals surface area contributed by atoms with E-state index in [0.717, 1.165) is 44.1 Å².